The van der Waals surface area contributed by atoms with Crippen molar-refractivity contribution in [3.8, 4) is 0 Å². The van der Waals surface area contributed by atoms with Gasteiger partial charge in [-0.15, -0.1) is 0 Å². The monoisotopic (exact) mass is 337 g/mol. The highest BCUT2D eigenvalue weighted by molar-refractivity contribution is 6.01. The molecular weight excluding hydrogens is 318 g/mol. The van der Waals surface area contributed by atoms with Gasteiger partial charge in [0.1, 0.15) is 5.82 Å². The molecule has 1 aliphatic carbocycles. The molecule has 0 amide bonds. The molecule has 1 aromatic heterocycles. The highest BCUT2D eigenvalue weighted by atomic mass is 16.2. The number of carbonyl (C=O) groups excluding carboxylic acids is 1. The summed E-state index contributed by atoms with van der Waals surface area (Å²) in [5.74, 6) is -0.0487. The third-order valence-electron chi connectivity index (χ3n) is 4.89. The molecule has 3 N–H and O–H groups in total. The molecule has 128 valence electrons. The number of allylic oxidation sites excluding steroid dienone is 2. The molecule has 0 saturated carbocycles. The molecule has 6 heteroatoms. The van der Waals surface area contributed by atoms with Gasteiger partial charge in [0.15, 0.2) is 5.78 Å². The Hall–Kier alpha value is -2.89. The maximum Gasteiger partial charge on any atom is 0.327 e. The van der Waals surface area contributed by atoms with Gasteiger partial charge in [-0.2, -0.15) is 0 Å². The molecule has 2 aromatic rings. The Kier molecular flexibility index (Phi) is 3.32. The number of nitrogens with one attached hydrogen (secondary N) is 3. The van der Waals surface area contributed by atoms with Gasteiger partial charge in [-0.3, -0.25) is 19.6 Å². The predicted molar refractivity (Wildman–Crippen MR) is 94.6 cm³/mol. The van der Waals surface area contributed by atoms with Crippen molar-refractivity contribution >= 4 is 11.6 Å². The van der Waals surface area contributed by atoms with Crippen LogP contribution in [0.15, 0.2) is 51.2 Å². The first kappa shape index (κ1) is 15.6. The Morgan fingerprint density at radius 3 is 2.44 bits per heavy atom. The van der Waals surface area contributed by atoms with Gasteiger partial charge in [-0.1, -0.05) is 44.2 Å². The standard InChI is InChI=1S/C19H19N3O3/c1-19(2)8-11-14(12(23)9-19)13(10-6-4-3-5-7-10)15-16(20-11)21-18(25)22-17(15)24/h3-7,13H,8-9H2,1-2H3,(H3,20,21,22,24,25). The molecular formula is C19H19N3O3. The number of benzene rings is 1. The topological polar surface area (TPSA) is 94.8 Å². The third-order valence-corrected chi connectivity index (χ3v) is 4.89. The van der Waals surface area contributed by atoms with Crippen molar-refractivity contribution in [2.45, 2.75) is 32.6 Å². The van der Waals surface area contributed by atoms with Crippen molar-refractivity contribution in [1.29, 1.82) is 0 Å². The van der Waals surface area contributed by atoms with E-state index < -0.39 is 17.2 Å². The number of fused-ring (bicyclic) bond motifs is 1. The smallest absolute Gasteiger partial charge is 0.327 e. The minimum atomic E-state index is -0.562. The number of carbonyl (C=O) groups is 1. The molecule has 1 aliphatic heterocycles. The SMILES string of the molecule is CC1(C)CC(=O)C2=C(C1)Nc1[nH]c(=O)[nH]c(=O)c1C2c1ccccc1. The normalized spacial score (nSPS) is 21.4. The quantitative estimate of drug-likeness (QED) is 0.744. The molecule has 0 spiro atoms. The van der Waals surface area contributed by atoms with E-state index in [4.69, 9.17) is 0 Å². The van der Waals surface area contributed by atoms with Crippen LogP contribution in [0.3, 0.4) is 0 Å². The maximum atomic E-state index is 12.9. The van der Waals surface area contributed by atoms with Crippen LogP contribution in [-0.4, -0.2) is 15.8 Å². The van der Waals surface area contributed by atoms with Crippen LogP contribution in [0.1, 0.15) is 43.7 Å². The number of anilines is 1. The van der Waals surface area contributed by atoms with Crippen LogP contribution in [0.25, 0.3) is 0 Å². The first-order chi connectivity index (χ1) is 11.9. The summed E-state index contributed by atoms with van der Waals surface area (Å²) in [4.78, 5) is 42.1. The zero-order valence-electron chi connectivity index (χ0n) is 14.1. The zero-order chi connectivity index (χ0) is 17.8. The average molecular weight is 337 g/mol. The van der Waals surface area contributed by atoms with E-state index in [9.17, 15) is 14.4 Å². The maximum absolute atomic E-state index is 12.9. The Morgan fingerprint density at radius 1 is 1.00 bits per heavy atom. The highest BCUT2D eigenvalue weighted by Crippen LogP contribution is 2.47. The molecule has 25 heavy (non-hydrogen) atoms. The molecule has 6 nitrogen and oxygen atoms in total. The Bertz CT molecular complexity index is 1010. The molecule has 0 fully saturated rings. The largest absolute Gasteiger partial charge is 0.344 e. The Balaban J connectivity index is 2.01. The first-order valence-corrected chi connectivity index (χ1v) is 8.30. The summed E-state index contributed by atoms with van der Waals surface area (Å²) >= 11 is 0. The van der Waals surface area contributed by atoms with Crippen molar-refractivity contribution in [3.63, 3.8) is 0 Å². The van der Waals surface area contributed by atoms with E-state index in [0.717, 1.165) is 11.3 Å². The highest BCUT2D eigenvalue weighted by Gasteiger charge is 2.41. The van der Waals surface area contributed by atoms with E-state index >= 15 is 0 Å². The van der Waals surface area contributed by atoms with Crippen LogP contribution in [0.5, 0.6) is 0 Å². The van der Waals surface area contributed by atoms with E-state index in [-0.39, 0.29) is 11.2 Å². The van der Waals surface area contributed by atoms with Crippen LogP contribution in [0.2, 0.25) is 0 Å². The van der Waals surface area contributed by atoms with Crippen molar-refractivity contribution in [2.24, 2.45) is 5.41 Å². The Labute approximate surface area is 144 Å². The molecule has 2 heterocycles. The molecule has 0 saturated heterocycles. The lowest BCUT2D eigenvalue weighted by Gasteiger charge is -2.38. The number of aromatic amines is 2. The van der Waals surface area contributed by atoms with Gasteiger partial charge in [0.05, 0.1) is 5.56 Å². The van der Waals surface area contributed by atoms with Crippen molar-refractivity contribution in [1.82, 2.24) is 9.97 Å². The average Bonchev–Trinajstić information content (AvgIpc) is 2.52. The van der Waals surface area contributed by atoms with Crippen LogP contribution in [0, 0.1) is 5.41 Å². The number of rotatable bonds is 1. The summed E-state index contributed by atoms with van der Waals surface area (Å²) in [6, 6.07) is 9.47. The van der Waals surface area contributed by atoms with Gasteiger partial charge in [-0.05, 0) is 17.4 Å². The van der Waals surface area contributed by atoms with Gasteiger partial charge < -0.3 is 5.32 Å². The second-order valence-electron chi connectivity index (χ2n) is 7.50. The number of H-pyrrole nitrogens is 2. The second-order valence-corrected chi connectivity index (χ2v) is 7.50. The number of aromatic nitrogens is 2. The van der Waals surface area contributed by atoms with Crippen LogP contribution in [-0.2, 0) is 4.79 Å². The first-order valence-electron chi connectivity index (χ1n) is 8.30. The van der Waals surface area contributed by atoms with E-state index in [1.54, 1.807) is 0 Å². The van der Waals surface area contributed by atoms with Crippen LogP contribution < -0.4 is 16.6 Å². The molecule has 4 rings (SSSR count). The second kappa shape index (κ2) is 5.31. The number of hydrogen-bond donors (Lipinski definition) is 3. The fourth-order valence-electron chi connectivity index (χ4n) is 3.93. The van der Waals surface area contributed by atoms with Gasteiger partial charge in [0.25, 0.3) is 5.56 Å². The van der Waals surface area contributed by atoms with Gasteiger partial charge in [0, 0.05) is 23.6 Å². The molecule has 0 bridgehead atoms. The van der Waals surface area contributed by atoms with Crippen molar-refractivity contribution < 1.29 is 4.79 Å². The van der Waals surface area contributed by atoms with Gasteiger partial charge >= 0.3 is 5.69 Å². The fourth-order valence-corrected chi connectivity index (χ4v) is 3.93. The van der Waals surface area contributed by atoms with Crippen LogP contribution >= 0.6 is 0 Å². The molecule has 1 atom stereocenters. The summed E-state index contributed by atoms with van der Waals surface area (Å²) in [5, 5.41) is 3.15. The Morgan fingerprint density at radius 2 is 1.72 bits per heavy atom. The molecule has 2 aliphatic rings. The summed E-state index contributed by atoms with van der Waals surface area (Å²) in [6.45, 7) is 4.09. The minimum Gasteiger partial charge on any atom is -0.344 e. The third kappa shape index (κ3) is 2.54. The number of hydrogen-bond acceptors (Lipinski definition) is 4. The number of Topliss-reactive ketones (excluding diaryl/α,β-unsaturated/α-hetero) is 1. The fraction of sp³-hybridized carbons (Fsp3) is 0.316. The molecule has 1 aromatic carbocycles. The molecule has 0 radical (unpaired) electrons. The van der Waals surface area contributed by atoms with Crippen molar-refractivity contribution in [2.75, 3.05) is 5.32 Å². The van der Waals surface area contributed by atoms with E-state index in [1.165, 1.54) is 0 Å². The number of ketones is 1. The summed E-state index contributed by atoms with van der Waals surface area (Å²) in [7, 11) is 0. The van der Waals surface area contributed by atoms with Gasteiger partial charge in [0.2, 0.25) is 0 Å². The van der Waals surface area contributed by atoms with Crippen molar-refractivity contribution in [3.05, 3.63) is 73.6 Å². The molecule has 1 unspecified atom stereocenters. The predicted octanol–water partition coefficient (Wildman–Crippen LogP) is 2.26. The zero-order valence-corrected chi connectivity index (χ0v) is 14.1. The summed E-state index contributed by atoms with van der Waals surface area (Å²) in [5.41, 5.74) is 1.49. The minimum absolute atomic E-state index is 0.0452. The van der Waals surface area contributed by atoms with E-state index in [0.29, 0.717) is 29.8 Å². The summed E-state index contributed by atoms with van der Waals surface area (Å²) < 4.78 is 0. The lowest BCUT2D eigenvalue weighted by atomic mass is 9.69. The van der Waals surface area contributed by atoms with Gasteiger partial charge in [-0.25, -0.2) is 4.79 Å². The van der Waals surface area contributed by atoms with E-state index in [1.807, 2.05) is 44.2 Å². The van der Waals surface area contributed by atoms with E-state index in [2.05, 4.69) is 15.3 Å². The van der Waals surface area contributed by atoms with Crippen LogP contribution in [0.4, 0.5) is 5.82 Å². The lowest BCUT2D eigenvalue weighted by molar-refractivity contribution is -0.118. The summed E-state index contributed by atoms with van der Waals surface area (Å²) in [6.07, 6.45) is 1.12. The lowest BCUT2D eigenvalue weighted by Crippen LogP contribution is -2.38.